The number of carbonyl (C=O) groups is 3. The first-order valence-corrected chi connectivity index (χ1v) is 8.48. The van der Waals surface area contributed by atoms with Gasteiger partial charge in [0.05, 0.1) is 6.42 Å². The number of imide groups is 1. The zero-order valence-electron chi connectivity index (χ0n) is 12.6. The van der Waals surface area contributed by atoms with E-state index in [2.05, 4.69) is 10.6 Å². The van der Waals surface area contributed by atoms with Gasteiger partial charge in [0.15, 0.2) is 0 Å². The van der Waals surface area contributed by atoms with E-state index in [9.17, 15) is 14.4 Å². The van der Waals surface area contributed by atoms with Gasteiger partial charge in [0.2, 0.25) is 5.91 Å². The summed E-state index contributed by atoms with van der Waals surface area (Å²) in [6.45, 7) is 2.47. The number of thioether (sulfide) groups is 1. The van der Waals surface area contributed by atoms with Gasteiger partial charge >= 0.3 is 12.0 Å². The fourth-order valence-corrected chi connectivity index (χ4v) is 2.99. The Balaban J connectivity index is 2.43. The van der Waals surface area contributed by atoms with E-state index >= 15 is 0 Å². The van der Waals surface area contributed by atoms with Crippen molar-refractivity contribution >= 4 is 29.7 Å². The predicted molar refractivity (Wildman–Crippen MR) is 82.3 cm³/mol. The van der Waals surface area contributed by atoms with Crippen molar-refractivity contribution in [3.8, 4) is 0 Å². The number of aliphatic carboxylic acids is 1. The summed E-state index contributed by atoms with van der Waals surface area (Å²) in [6, 6.07) is -0.510. The standard InChI is InChI=1S/C14H24N2O4S/c1-10(21-2)9-15-13(20)16-11(17)7-14(8-12(18)19)5-3-4-6-14/h10H,3-9H2,1-2H3,(H,18,19)(H2,15,16,17,20). The van der Waals surface area contributed by atoms with Gasteiger partial charge in [0.25, 0.3) is 0 Å². The van der Waals surface area contributed by atoms with Crippen LogP contribution in [0.25, 0.3) is 0 Å². The van der Waals surface area contributed by atoms with Crippen LogP contribution in [-0.2, 0) is 9.59 Å². The minimum Gasteiger partial charge on any atom is -0.481 e. The SMILES string of the molecule is CSC(C)CNC(=O)NC(=O)CC1(CC(=O)O)CCCC1. The molecule has 0 radical (unpaired) electrons. The molecule has 0 saturated heterocycles. The smallest absolute Gasteiger partial charge is 0.321 e. The van der Waals surface area contributed by atoms with Crippen LogP contribution in [0.1, 0.15) is 45.4 Å². The molecule has 1 aliphatic carbocycles. The maximum absolute atomic E-state index is 11.9. The molecular weight excluding hydrogens is 292 g/mol. The number of hydrogen-bond donors (Lipinski definition) is 3. The third-order valence-corrected chi connectivity index (χ3v) is 4.90. The summed E-state index contributed by atoms with van der Waals surface area (Å²) in [4.78, 5) is 34.5. The second-order valence-electron chi connectivity index (χ2n) is 5.76. The Bertz CT molecular complexity index is 394. The van der Waals surface area contributed by atoms with Gasteiger partial charge in [-0.15, -0.1) is 0 Å². The fraction of sp³-hybridized carbons (Fsp3) is 0.786. The summed E-state index contributed by atoms with van der Waals surface area (Å²) in [5.41, 5.74) is -0.483. The van der Waals surface area contributed by atoms with Gasteiger partial charge in [-0.05, 0) is 24.5 Å². The Morgan fingerprint density at radius 2 is 1.86 bits per heavy atom. The largest absolute Gasteiger partial charge is 0.481 e. The highest BCUT2D eigenvalue weighted by atomic mass is 32.2. The average Bonchev–Trinajstić information content (AvgIpc) is 2.82. The summed E-state index contributed by atoms with van der Waals surface area (Å²) in [5.74, 6) is -1.28. The van der Waals surface area contributed by atoms with Crippen LogP contribution in [0.5, 0.6) is 0 Å². The minimum atomic E-state index is -0.886. The molecule has 1 rings (SSSR count). The first-order valence-electron chi connectivity index (χ1n) is 7.19. The molecule has 120 valence electrons. The fourth-order valence-electron chi connectivity index (χ4n) is 2.74. The highest BCUT2D eigenvalue weighted by Gasteiger charge is 2.38. The van der Waals surface area contributed by atoms with E-state index in [1.54, 1.807) is 11.8 Å². The minimum absolute atomic E-state index is 0.00839. The molecule has 0 heterocycles. The van der Waals surface area contributed by atoms with Crippen LogP contribution in [0.15, 0.2) is 0 Å². The first kappa shape index (κ1) is 17.8. The van der Waals surface area contributed by atoms with E-state index in [4.69, 9.17) is 5.11 Å². The summed E-state index contributed by atoms with van der Waals surface area (Å²) in [6.07, 6.45) is 5.40. The highest BCUT2D eigenvalue weighted by molar-refractivity contribution is 7.99. The topological polar surface area (TPSA) is 95.5 Å². The highest BCUT2D eigenvalue weighted by Crippen LogP contribution is 2.43. The molecule has 7 heteroatoms. The van der Waals surface area contributed by atoms with Crippen LogP contribution in [0.4, 0.5) is 4.79 Å². The van der Waals surface area contributed by atoms with Crippen LogP contribution in [0, 0.1) is 5.41 Å². The Morgan fingerprint density at radius 3 is 2.38 bits per heavy atom. The van der Waals surface area contributed by atoms with Crippen molar-refractivity contribution in [2.75, 3.05) is 12.8 Å². The lowest BCUT2D eigenvalue weighted by atomic mass is 9.79. The molecule has 0 aliphatic heterocycles. The van der Waals surface area contributed by atoms with Gasteiger partial charge in [-0.3, -0.25) is 14.9 Å². The van der Waals surface area contributed by atoms with E-state index in [1.165, 1.54) is 0 Å². The Hall–Kier alpha value is -1.24. The molecule has 1 unspecified atom stereocenters. The van der Waals surface area contributed by atoms with E-state index in [0.717, 1.165) is 25.7 Å². The molecule has 1 saturated carbocycles. The van der Waals surface area contributed by atoms with Crippen molar-refractivity contribution in [3.63, 3.8) is 0 Å². The molecule has 1 aliphatic rings. The van der Waals surface area contributed by atoms with Crippen LogP contribution in [0.2, 0.25) is 0 Å². The lowest BCUT2D eigenvalue weighted by molar-refractivity contribution is -0.140. The number of hydrogen-bond acceptors (Lipinski definition) is 4. The molecule has 3 amide bonds. The summed E-state index contributed by atoms with van der Waals surface area (Å²) < 4.78 is 0. The Morgan fingerprint density at radius 1 is 1.24 bits per heavy atom. The molecular formula is C14H24N2O4S. The number of carboxylic acids is 1. The molecule has 0 aromatic carbocycles. The lowest BCUT2D eigenvalue weighted by Gasteiger charge is -2.26. The number of carbonyl (C=O) groups excluding carboxylic acids is 2. The van der Waals surface area contributed by atoms with Gasteiger partial charge in [0.1, 0.15) is 0 Å². The van der Waals surface area contributed by atoms with Gasteiger partial charge in [0, 0.05) is 18.2 Å². The number of urea groups is 1. The Labute approximate surface area is 129 Å². The summed E-state index contributed by atoms with van der Waals surface area (Å²) in [5, 5.41) is 14.2. The Kier molecular flexibility index (Phi) is 7.01. The zero-order valence-corrected chi connectivity index (χ0v) is 13.4. The van der Waals surface area contributed by atoms with E-state index in [-0.39, 0.29) is 18.1 Å². The van der Waals surface area contributed by atoms with Crippen LogP contribution >= 0.6 is 11.8 Å². The summed E-state index contributed by atoms with van der Waals surface area (Å²) in [7, 11) is 0. The van der Waals surface area contributed by atoms with Gasteiger partial charge in [-0.1, -0.05) is 19.8 Å². The first-order chi connectivity index (χ1) is 9.87. The quantitative estimate of drug-likeness (QED) is 0.667. The molecule has 0 aromatic heterocycles. The molecule has 6 nitrogen and oxygen atoms in total. The van der Waals surface area contributed by atoms with Crippen LogP contribution < -0.4 is 10.6 Å². The van der Waals surface area contributed by atoms with E-state index in [0.29, 0.717) is 6.54 Å². The zero-order chi connectivity index (χ0) is 15.9. The van der Waals surface area contributed by atoms with Crippen molar-refractivity contribution in [2.24, 2.45) is 5.41 Å². The lowest BCUT2D eigenvalue weighted by Crippen LogP contribution is -2.43. The number of amides is 3. The van der Waals surface area contributed by atoms with Crippen molar-refractivity contribution in [2.45, 2.75) is 50.7 Å². The number of nitrogens with one attached hydrogen (secondary N) is 2. The molecule has 0 bridgehead atoms. The molecule has 0 spiro atoms. The number of carboxylic acid groups (broad SMARTS) is 1. The summed E-state index contributed by atoms with van der Waals surface area (Å²) >= 11 is 1.63. The van der Waals surface area contributed by atoms with Crippen LogP contribution in [0.3, 0.4) is 0 Å². The van der Waals surface area contributed by atoms with Crippen molar-refractivity contribution in [1.29, 1.82) is 0 Å². The number of rotatable bonds is 7. The second kappa shape index (κ2) is 8.26. The molecule has 3 N–H and O–H groups in total. The second-order valence-corrected chi connectivity index (χ2v) is 7.04. The molecule has 0 aromatic rings. The van der Waals surface area contributed by atoms with Gasteiger partial charge < -0.3 is 10.4 Å². The van der Waals surface area contributed by atoms with Crippen LogP contribution in [-0.4, -0.2) is 41.1 Å². The average molecular weight is 316 g/mol. The maximum Gasteiger partial charge on any atom is 0.321 e. The monoisotopic (exact) mass is 316 g/mol. The third kappa shape index (κ3) is 6.37. The molecule has 1 atom stereocenters. The van der Waals surface area contributed by atoms with Gasteiger partial charge in [-0.25, -0.2) is 4.79 Å². The molecule has 1 fully saturated rings. The maximum atomic E-state index is 11.9. The third-order valence-electron chi connectivity index (χ3n) is 3.93. The van der Waals surface area contributed by atoms with Crippen molar-refractivity contribution in [1.82, 2.24) is 10.6 Å². The van der Waals surface area contributed by atoms with E-state index in [1.807, 2.05) is 13.2 Å². The van der Waals surface area contributed by atoms with Gasteiger partial charge in [-0.2, -0.15) is 11.8 Å². The predicted octanol–water partition coefficient (Wildman–Crippen LogP) is 1.99. The molecule has 21 heavy (non-hydrogen) atoms. The van der Waals surface area contributed by atoms with Crippen molar-refractivity contribution < 1.29 is 19.5 Å². The van der Waals surface area contributed by atoms with Crippen molar-refractivity contribution in [3.05, 3.63) is 0 Å². The normalized spacial score (nSPS) is 18.0. The van der Waals surface area contributed by atoms with E-state index < -0.39 is 23.3 Å².